The molecule has 0 bridgehead atoms. The van der Waals surface area contributed by atoms with E-state index >= 15 is 0 Å². The van der Waals surface area contributed by atoms with Crippen LogP contribution in [0, 0.1) is 5.82 Å². The van der Waals surface area contributed by atoms with Gasteiger partial charge in [-0.2, -0.15) is 13.2 Å². The molecule has 1 N–H and O–H groups in total. The zero-order valence-corrected chi connectivity index (χ0v) is 14.2. The quantitative estimate of drug-likeness (QED) is 0.640. The number of ether oxygens (including phenoxy) is 1. The summed E-state index contributed by atoms with van der Waals surface area (Å²) in [6, 6.07) is 4.05. The molecule has 6 nitrogen and oxygen atoms in total. The molecule has 0 spiro atoms. The Morgan fingerprint density at radius 1 is 1.33 bits per heavy atom. The summed E-state index contributed by atoms with van der Waals surface area (Å²) in [6.45, 7) is 1.35. The largest absolute Gasteiger partial charge is 0.480 e. The number of hydrogen-bond donors (Lipinski definition) is 1. The van der Waals surface area contributed by atoms with Crippen molar-refractivity contribution in [1.29, 1.82) is 0 Å². The zero-order chi connectivity index (χ0) is 19.9. The number of aliphatic carboxylic acids is 1. The van der Waals surface area contributed by atoms with Gasteiger partial charge in [0, 0.05) is 0 Å². The van der Waals surface area contributed by atoms with Gasteiger partial charge in [-0.3, -0.25) is 0 Å². The van der Waals surface area contributed by atoms with Gasteiger partial charge in [0.1, 0.15) is 17.1 Å². The predicted octanol–water partition coefficient (Wildman–Crippen LogP) is 4.68. The Bertz CT molecular complexity index is 1010. The molecule has 0 aliphatic rings. The fraction of sp³-hybridized carbons (Fsp3) is 0.188. The van der Waals surface area contributed by atoms with Crippen LogP contribution in [0.3, 0.4) is 0 Å². The number of aromatic nitrogens is 3. The Morgan fingerprint density at radius 3 is 2.63 bits per heavy atom. The van der Waals surface area contributed by atoms with Crippen LogP contribution in [0.15, 0.2) is 30.3 Å². The average Bonchev–Trinajstić information content (AvgIpc) is 3.01. The third kappa shape index (κ3) is 3.52. The second-order valence-electron chi connectivity index (χ2n) is 5.54. The van der Waals surface area contributed by atoms with Gasteiger partial charge in [0.2, 0.25) is 0 Å². The van der Waals surface area contributed by atoms with Crippen LogP contribution in [0.25, 0.3) is 11.0 Å². The van der Waals surface area contributed by atoms with E-state index in [1.54, 1.807) is 0 Å². The number of rotatable bonds is 4. The molecular formula is C16H10ClF4N3O3. The van der Waals surface area contributed by atoms with E-state index < -0.39 is 40.3 Å². The van der Waals surface area contributed by atoms with Crippen molar-refractivity contribution >= 4 is 28.6 Å². The molecule has 142 valence electrons. The summed E-state index contributed by atoms with van der Waals surface area (Å²) < 4.78 is 58.9. The summed E-state index contributed by atoms with van der Waals surface area (Å²) >= 11 is 5.77. The van der Waals surface area contributed by atoms with Crippen molar-refractivity contribution in [2.45, 2.75) is 19.1 Å². The maximum Gasteiger partial charge on any atom is 0.416 e. The maximum absolute atomic E-state index is 14.2. The van der Waals surface area contributed by atoms with E-state index in [0.29, 0.717) is 6.07 Å². The highest BCUT2D eigenvalue weighted by atomic mass is 35.5. The number of carbonyl (C=O) groups is 1. The molecule has 11 heteroatoms. The van der Waals surface area contributed by atoms with Crippen molar-refractivity contribution in [1.82, 2.24) is 15.0 Å². The van der Waals surface area contributed by atoms with Gasteiger partial charge in [-0.1, -0.05) is 22.9 Å². The molecule has 0 radical (unpaired) electrons. The number of para-hydroxylation sites is 1. The molecule has 0 saturated heterocycles. The average molecular weight is 404 g/mol. The van der Waals surface area contributed by atoms with E-state index in [1.807, 2.05) is 0 Å². The van der Waals surface area contributed by atoms with Crippen molar-refractivity contribution in [2.75, 3.05) is 0 Å². The number of carboxylic acid groups (broad SMARTS) is 1. The summed E-state index contributed by atoms with van der Waals surface area (Å²) in [5.41, 5.74) is -0.881. The van der Waals surface area contributed by atoms with Gasteiger partial charge in [-0.25, -0.2) is 13.9 Å². The third-order valence-electron chi connectivity index (χ3n) is 3.72. The van der Waals surface area contributed by atoms with Gasteiger partial charge in [-0.15, -0.1) is 5.10 Å². The van der Waals surface area contributed by atoms with E-state index in [0.717, 1.165) is 4.68 Å². The monoisotopic (exact) mass is 403 g/mol. The summed E-state index contributed by atoms with van der Waals surface area (Å²) in [5, 5.41) is 16.1. The van der Waals surface area contributed by atoms with E-state index in [4.69, 9.17) is 16.3 Å². The molecule has 2 aromatic carbocycles. The minimum Gasteiger partial charge on any atom is -0.480 e. The van der Waals surface area contributed by atoms with E-state index in [9.17, 15) is 27.5 Å². The normalized spacial score (nSPS) is 13.0. The van der Waals surface area contributed by atoms with Crippen LogP contribution in [-0.4, -0.2) is 26.1 Å². The van der Waals surface area contributed by atoms with Crippen LogP contribution in [0.5, 0.6) is 11.5 Å². The highest BCUT2D eigenvalue weighted by Crippen LogP contribution is 2.40. The van der Waals surface area contributed by atoms with Crippen LogP contribution < -0.4 is 4.74 Å². The van der Waals surface area contributed by atoms with E-state index in [2.05, 4.69) is 10.3 Å². The van der Waals surface area contributed by atoms with Crippen LogP contribution in [0.1, 0.15) is 18.5 Å². The van der Waals surface area contributed by atoms with Crippen LogP contribution in [0.2, 0.25) is 5.02 Å². The Labute approximate surface area is 153 Å². The number of hydrogen-bond acceptors (Lipinski definition) is 4. The number of halogens is 5. The lowest BCUT2D eigenvalue weighted by atomic mass is 10.2. The minimum atomic E-state index is -4.78. The molecule has 0 aliphatic carbocycles. The van der Waals surface area contributed by atoms with Crippen molar-refractivity contribution in [3.8, 4) is 11.5 Å². The minimum absolute atomic E-state index is 0.0637. The lowest BCUT2D eigenvalue weighted by molar-refractivity contribution is -0.140. The number of nitrogens with zero attached hydrogens (tertiary/aromatic N) is 3. The standard InChI is InChI=1S/C16H10ClF4N3O3/c1-7(15(25)26)24-13-11(22-23-24)3-2-4-12(13)27-14-9(17)5-8(6-10(14)18)16(19,20)21/h2-7H,1H3,(H,25,26). The van der Waals surface area contributed by atoms with Crippen molar-refractivity contribution in [2.24, 2.45) is 0 Å². The van der Waals surface area contributed by atoms with Gasteiger partial charge in [0.05, 0.1) is 10.6 Å². The lowest BCUT2D eigenvalue weighted by Crippen LogP contribution is -2.17. The van der Waals surface area contributed by atoms with Crippen molar-refractivity contribution in [3.63, 3.8) is 0 Å². The SMILES string of the molecule is CC(C(=O)O)n1nnc2cccc(Oc3c(F)cc(C(F)(F)F)cc3Cl)c21. The molecular weight excluding hydrogens is 394 g/mol. The van der Waals surface area contributed by atoms with Crippen molar-refractivity contribution < 1.29 is 32.2 Å². The van der Waals surface area contributed by atoms with Gasteiger partial charge in [0.15, 0.2) is 17.3 Å². The summed E-state index contributed by atoms with van der Waals surface area (Å²) in [5.74, 6) is -3.22. The first-order valence-electron chi connectivity index (χ1n) is 7.40. The number of alkyl halides is 3. The maximum atomic E-state index is 14.2. The van der Waals surface area contributed by atoms with Gasteiger partial charge in [-0.05, 0) is 31.2 Å². The Hall–Kier alpha value is -2.88. The second-order valence-corrected chi connectivity index (χ2v) is 5.95. The molecule has 3 aromatic rings. The van der Waals surface area contributed by atoms with E-state index in [1.165, 1.54) is 25.1 Å². The molecule has 3 rings (SSSR count). The molecule has 0 aliphatic heterocycles. The fourth-order valence-corrected chi connectivity index (χ4v) is 2.60. The summed E-state index contributed by atoms with van der Waals surface area (Å²) in [4.78, 5) is 11.2. The van der Waals surface area contributed by atoms with Crippen LogP contribution in [-0.2, 0) is 11.0 Å². The highest BCUT2D eigenvalue weighted by molar-refractivity contribution is 6.32. The third-order valence-corrected chi connectivity index (χ3v) is 4.00. The first kappa shape index (κ1) is 18.9. The molecule has 0 amide bonds. The first-order chi connectivity index (χ1) is 12.6. The lowest BCUT2D eigenvalue weighted by Gasteiger charge is -2.14. The summed E-state index contributed by atoms with van der Waals surface area (Å²) in [6.07, 6.45) is -4.78. The first-order valence-corrected chi connectivity index (χ1v) is 7.78. The summed E-state index contributed by atoms with van der Waals surface area (Å²) in [7, 11) is 0. The molecule has 27 heavy (non-hydrogen) atoms. The number of benzene rings is 2. The van der Waals surface area contributed by atoms with Crippen LogP contribution >= 0.6 is 11.6 Å². The topological polar surface area (TPSA) is 77.2 Å². The Kier molecular flexibility index (Phi) is 4.68. The molecule has 1 heterocycles. The molecule has 0 saturated carbocycles. The zero-order valence-electron chi connectivity index (χ0n) is 13.5. The molecule has 1 unspecified atom stereocenters. The number of carboxylic acids is 1. The fourth-order valence-electron chi connectivity index (χ4n) is 2.35. The van der Waals surface area contributed by atoms with Gasteiger partial charge >= 0.3 is 12.1 Å². The molecule has 1 atom stereocenters. The Balaban J connectivity index is 2.10. The van der Waals surface area contributed by atoms with Gasteiger partial charge < -0.3 is 9.84 Å². The highest BCUT2D eigenvalue weighted by Gasteiger charge is 2.33. The Morgan fingerprint density at radius 2 is 2.04 bits per heavy atom. The predicted molar refractivity (Wildman–Crippen MR) is 86.4 cm³/mol. The van der Waals surface area contributed by atoms with Crippen LogP contribution in [0.4, 0.5) is 17.6 Å². The van der Waals surface area contributed by atoms with Crippen molar-refractivity contribution in [3.05, 3.63) is 46.7 Å². The number of fused-ring (bicyclic) bond motifs is 1. The molecule has 0 fully saturated rings. The second kappa shape index (κ2) is 6.69. The van der Waals surface area contributed by atoms with E-state index in [-0.39, 0.29) is 22.8 Å². The molecule has 1 aromatic heterocycles. The van der Waals surface area contributed by atoms with Gasteiger partial charge in [0.25, 0.3) is 0 Å². The smallest absolute Gasteiger partial charge is 0.416 e.